The lowest BCUT2D eigenvalue weighted by atomic mass is 9.79. The summed E-state index contributed by atoms with van der Waals surface area (Å²) in [6, 6.07) is 7.08. The summed E-state index contributed by atoms with van der Waals surface area (Å²) in [6.07, 6.45) is 11.0. The fourth-order valence-electron chi connectivity index (χ4n) is 3.77. The Morgan fingerprint density at radius 1 is 1.23 bits per heavy atom. The smallest absolute Gasteiger partial charge is 0.0431 e. The van der Waals surface area contributed by atoms with Crippen molar-refractivity contribution in [3.63, 3.8) is 0 Å². The normalized spacial score (nSPS) is 19.0. The number of aryl methyl sites for hydroxylation is 1. The van der Waals surface area contributed by atoms with Crippen molar-refractivity contribution in [3.8, 4) is 0 Å². The quantitative estimate of drug-likeness (QED) is 0.672. The summed E-state index contributed by atoms with van der Waals surface area (Å²) in [5.41, 5.74) is 10.5. The van der Waals surface area contributed by atoms with Crippen LogP contribution in [0.3, 0.4) is 0 Å². The average molecular weight is 303 g/mol. The second-order valence-corrected chi connectivity index (χ2v) is 6.93. The third-order valence-electron chi connectivity index (χ3n) is 5.24. The molecule has 124 valence electrons. The van der Waals surface area contributed by atoms with Crippen molar-refractivity contribution in [2.75, 3.05) is 13.2 Å². The van der Waals surface area contributed by atoms with E-state index in [0.717, 1.165) is 25.2 Å². The summed E-state index contributed by atoms with van der Waals surface area (Å²) >= 11 is 0. The molecule has 2 heteroatoms. The first-order valence-corrected chi connectivity index (χ1v) is 9.21. The number of benzene rings is 1. The van der Waals surface area contributed by atoms with E-state index in [0.29, 0.717) is 19.1 Å². The number of rotatable bonds is 9. The maximum absolute atomic E-state index is 8.94. The van der Waals surface area contributed by atoms with Gasteiger partial charge in [0.1, 0.15) is 0 Å². The molecule has 0 fully saturated rings. The highest BCUT2D eigenvalue weighted by molar-refractivity contribution is 5.36. The molecule has 1 aliphatic rings. The maximum Gasteiger partial charge on any atom is 0.0431 e. The Morgan fingerprint density at radius 2 is 2.09 bits per heavy atom. The minimum absolute atomic E-state index is 0.292. The van der Waals surface area contributed by atoms with Gasteiger partial charge in [-0.2, -0.15) is 0 Å². The van der Waals surface area contributed by atoms with E-state index in [1.165, 1.54) is 44.1 Å². The molecule has 2 atom stereocenters. The van der Waals surface area contributed by atoms with Crippen LogP contribution in [0.2, 0.25) is 0 Å². The second kappa shape index (κ2) is 9.32. The van der Waals surface area contributed by atoms with Gasteiger partial charge in [-0.3, -0.25) is 0 Å². The van der Waals surface area contributed by atoms with Crippen LogP contribution in [0.25, 0.3) is 0 Å². The first kappa shape index (κ1) is 17.5. The number of hydrogen-bond acceptors (Lipinski definition) is 2. The molecular weight excluding hydrogens is 270 g/mol. The fourth-order valence-corrected chi connectivity index (χ4v) is 3.77. The molecule has 0 saturated heterocycles. The van der Waals surface area contributed by atoms with Gasteiger partial charge in [-0.05, 0) is 67.2 Å². The van der Waals surface area contributed by atoms with E-state index in [4.69, 9.17) is 10.8 Å². The van der Waals surface area contributed by atoms with E-state index in [2.05, 4.69) is 25.1 Å². The monoisotopic (exact) mass is 303 g/mol. The molecule has 0 amide bonds. The molecule has 0 radical (unpaired) electrons. The van der Waals surface area contributed by atoms with Crippen LogP contribution in [0.5, 0.6) is 0 Å². The zero-order valence-electron chi connectivity index (χ0n) is 14.2. The van der Waals surface area contributed by atoms with Crippen molar-refractivity contribution >= 4 is 0 Å². The number of fused-ring (bicyclic) bond motifs is 1. The summed E-state index contributed by atoms with van der Waals surface area (Å²) in [7, 11) is 0. The van der Waals surface area contributed by atoms with Crippen molar-refractivity contribution in [2.24, 2.45) is 11.7 Å². The molecule has 1 aromatic rings. The Bertz CT molecular complexity index is 443. The number of aliphatic hydroxyl groups is 1. The molecule has 0 spiro atoms. The molecule has 1 aliphatic carbocycles. The predicted molar refractivity (Wildman–Crippen MR) is 94.2 cm³/mol. The molecule has 0 aromatic heterocycles. The summed E-state index contributed by atoms with van der Waals surface area (Å²) in [4.78, 5) is 0. The van der Waals surface area contributed by atoms with Gasteiger partial charge in [0.15, 0.2) is 0 Å². The minimum atomic E-state index is 0.292. The summed E-state index contributed by atoms with van der Waals surface area (Å²) in [5.74, 6) is 1.35. The lowest BCUT2D eigenvalue weighted by molar-refractivity contribution is 0.281. The molecule has 3 N–H and O–H groups in total. The molecular formula is C20H33NO. The topological polar surface area (TPSA) is 46.2 Å². The zero-order chi connectivity index (χ0) is 15.8. The largest absolute Gasteiger partial charge is 0.396 e. The van der Waals surface area contributed by atoms with Crippen molar-refractivity contribution in [3.05, 3.63) is 34.9 Å². The van der Waals surface area contributed by atoms with Gasteiger partial charge in [-0.1, -0.05) is 50.8 Å². The van der Waals surface area contributed by atoms with E-state index in [1.54, 1.807) is 11.1 Å². The predicted octanol–water partition coefficient (Wildman–Crippen LogP) is 4.19. The highest BCUT2D eigenvalue weighted by Crippen LogP contribution is 2.31. The van der Waals surface area contributed by atoms with Gasteiger partial charge in [-0.15, -0.1) is 0 Å². The molecule has 22 heavy (non-hydrogen) atoms. The van der Waals surface area contributed by atoms with Crippen molar-refractivity contribution < 1.29 is 5.11 Å². The second-order valence-electron chi connectivity index (χ2n) is 6.93. The number of nitrogens with two attached hydrogens (primary N) is 1. The molecule has 0 bridgehead atoms. The number of unbranched alkanes of at least 4 members (excludes halogenated alkanes) is 2. The molecule has 1 aromatic carbocycles. The van der Waals surface area contributed by atoms with Crippen molar-refractivity contribution in [2.45, 2.75) is 70.6 Å². The first-order valence-electron chi connectivity index (χ1n) is 9.21. The van der Waals surface area contributed by atoms with Crippen LogP contribution in [0.15, 0.2) is 18.2 Å². The van der Waals surface area contributed by atoms with Crippen LogP contribution in [-0.2, 0) is 12.8 Å². The number of aliphatic hydroxyl groups excluding tert-OH is 1. The first-order chi connectivity index (χ1) is 10.8. The summed E-state index contributed by atoms with van der Waals surface area (Å²) in [6.45, 7) is 3.29. The molecule has 2 nitrogen and oxygen atoms in total. The van der Waals surface area contributed by atoms with Crippen molar-refractivity contribution in [1.29, 1.82) is 0 Å². The van der Waals surface area contributed by atoms with Crippen LogP contribution >= 0.6 is 0 Å². The van der Waals surface area contributed by atoms with E-state index < -0.39 is 0 Å². The van der Waals surface area contributed by atoms with Crippen LogP contribution in [-0.4, -0.2) is 18.3 Å². The summed E-state index contributed by atoms with van der Waals surface area (Å²) < 4.78 is 0. The van der Waals surface area contributed by atoms with Gasteiger partial charge in [0, 0.05) is 6.61 Å². The standard InChI is InChI=1S/C20H33NO/c1-2-3-6-16-8-9-18-14-19(11-10-17(18)13-16)20(15-21)7-4-5-12-22/h10-11,14,16,20,22H,2-9,12-13,15,21H2,1H3/t16?,20-/m0/s1. The zero-order valence-corrected chi connectivity index (χ0v) is 14.2. The van der Waals surface area contributed by atoms with Gasteiger partial charge in [0.05, 0.1) is 0 Å². The molecule has 0 aliphatic heterocycles. The van der Waals surface area contributed by atoms with Gasteiger partial charge in [0.2, 0.25) is 0 Å². The number of hydrogen-bond donors (Lipinski definition) is 2. The van der Waals surface area contributed by atoms with Crippen LogP contribution < -0.4 is 5.73 Å². The average Bonchev–Trinajstić information content (AvgIpc) is 2.56. The van der Waals surface area contributed by atoms with E-state index in [1.807, 2.05) is 0 Å². The lowest BCUT2D eigenvalue weighted by Crippen LogP contribution is -2.17. The van der Waals surface area contributed by atoms with E-state index in [9.17, 15) is 0 Å². The van der Waals surface area contributed by atoms with Gasteiger partial charge < -0.3 is 10.8 Å². The highest BCUT2D eigenvalue weighted by atomic mass is 16.2. The fraction of sp³-hybridized carbons (Fsp3) is 0.700. The van der Waals surface area contributed by atoms with Gasteiger partial charge in [0.25, 0.3) is 0 Å². The molecule has 1 unspecified atom stereocenters. The summed E-state index contributed by atoms with van der Waals surface area (Å²) in [5, 5.41) is 8.94. The van der Waals surface area contributed by atoms with Gasteiger partial charge >= 0.3 is 0 Å². The SMILES string of the molecule is CCCCC1CCc2cc([C@H](CN)CCCCO)ccc2C1. The molecule has 0 saturated carbocycles. The van der Waals surface area contributed by atoms with E-state index in [-0.39, 0.29) is 0 Å². The molecule has 2 rings (SSSR count). The highest BCUT2D eigenvalue weighted by Gasteiger charge is 2.19. The Kier molecular flexibility index (Phi) is 7.41. The Hall–Kier alpha value is -0.860. The van der Waals surface area contributed by atoms with Crippen LogP contribution in [0.1, 0.15) is 74.5 Å². The third kappa shape index (κ3) is 4.82. The minimum Gasteiger partial charge on any atom is -0.396 e. The Labute approximate surface area is 136 Å². The Balaban J connectivity index is 1.99. The third-order valence-corrected chi connectivity index (χ3v) is 5.24. The maximum atomic E-state index is 8.94. The Morgan fingerprint density at radius 3 is 2.82 bits per heavy atom. The lowest BCUT2D eigenvalue weighted by Gasteiger charge is -2.26. The van der Waals surface area contributed by atoms with Crippen molar-refractivity contribution in [1.82, 2.24) is 0 Å². The van der Waals surface area contributed by atoms with Crippen LogP contribution in [0.4, 0.5) is 0 Å². The van der Waals surface area contributed by atoms with E-state index >= 15 is 0 Å². The molecule has 0 heterocycles. The van der Waals surface area contributed by atoms with Crippen LogP contribution in [0, 0.1) is 5.92 Å². The van der Waals surface area contributed by atoms with Gasteiger partial charge in [-0.25, -0.2) is 0 Å².